The van der Waals surface area contributed by atoms with E-state index in [-0.39, 0.29) is 17.9 Å². The van der Waals surface area contributed by atoms with Crippen LogP contribution in [0.15, 0.2) is 18.2 Å². The van der Waals surface area contributed by atoms with Gasteiger partial charge in [0.2, 0.25) is 5.91 Å². The van der Waals surface area contributed by atoms with Gasteiger partial charge in [-0.2, -0.15) is 0 Å². The topological polar surface area (TPSA) is 41.6 Å². The van der Waals surface area contributed by atoms with E-state index in [0.717, 1.165) is 50.9 Å². The lowest BCUT2D eigenvalue weighted by Crippen LogP contribution is -2.44. The zero-order valence-electron chi connectivity index (χ0n) is 13.8. The summed E-state index contributed by atoms with van der Waals surface area (Å²) in [5, 5.41) is 4.43. The van der Waals surface area contributed by atoms with E-state index in [2.05, 4.69) is 10.2 Å². The number of halogens is 2. The second-order valence-electron chi connectivity index (χ2n) is 6.65. The summed E-state index contributed by atoms with van der Waals surface area (Å²) in [6.45, 7) is 3.85. The van der Waals surface area contributed by atoms with Gasteiger partial charge in [0.05, 0.1) is 12.0 Å². The molecular formula is C18H24Cl2N2O2. The first-order valence-electron chi connectivity index (χ1n) is 8.68. The number of hydrogen-bond acceptors (Lipinski definition) is 3. The summed E-state index contributed by atoms with van der Waals surface area (Å²) in [4.78, 5) is 14.7. The van der Waals surface area contributed by atoms with Gasteiger partial charge in [-0.05, 0) is 44.4 Å². The van der Waals surface area contributed by atoms with Gasteiger partial charge in [0, 0.05) is 41.8 Å². The highest BCUT2D eigenvalue weighted by Crippen LogP contribution is 2.27. The zero-order chi connectivity index (χ0) is 16.9. The number of amides is 1. The molecule has 0 aliphatic carbocycles. The third kappa shape index (κ3) is 4.63. The molecule has 0 radical (unpaired) electrons. The third-order valence-electron chi connectivity index (χ3n) is 4.85. The summed E-state index contributed by atoms with van der Waals surface area (Å²) in [5.74, 6) is 0.168. The molecule has 132 valence electrons. The zero-order valence-corrected chi connectivity index (χ0v) is 15.3. The van der Waals surface area contributed by atoms with Crippen molar-refractivity contribution in [1.29, 1.82) is 0 Å². The number of hydrogen-bond donors (Lipinski definition) is 1. The number of carbonyl (C=O) groups excluding carboxylic acids is 1. The van der Waals surface area contributed by atoms with Crippen LogP contribution < -0.4 is 5.32 Å². The second kappa shape index (κ2) is 8.52. The Morgan fingerprint density at radius 1 is 1.25 bits per heavy atom. The Morgan fingerprint density at radius 2 is 2.04 bits per heavy atom. The smallest absolute Gasteiger partial charge is 0.224 e. The Labute approximate surface area is 153 Å². The highest BCUT2D eigenvalue weighted by molar-refractivity contribution is 6.35. The van der Waals surface area contributed by atoms with E-state index < -0.39 is 0 Å². The van der Waals surface area contributed by atoms with Gasteiger partial charge >= 0.3 is 0 Å². The van der Waals surface area contributed by atoms with Crippen molar-refractivity contribution >= 4 is 29.1 Å². The minimum Gasteiger partial charge on any atom is -0.376 e. The molecule has 4 nitrogen and oxygen atoms in total. The quantitative estimate of drug-likeness (QED) is 0.862. The normalized spacial score (nSPS) is 24.9. The molecule has 1 aromatic rings. The number of piperidine rings is 1. The minimum atomic E-state index is 0.0291. The molecule has 24 heavy (non-hydrogen) atoms. The van der Waals surface area contributed by atoms with E-state index >= 15 is 0 Å². The average molecular weight is 371 g/mol. The molecule has 2 aliphatic heterocycles. The van der Waals surface area contributed by atoms with E-state index in [1.165, 1.54) is 0 Å². The standard InChI is InChI=1S/C18H24Cl2N2O2/c19-16-6-1-7-17(20)15(16)12-22-8-2-4-13(11-22)18(23)21-10-14-5-3-9-24-14/h1,6-7,13-14H,2-5,8-12H2,(H,21,23). The van der Waals surface area contributed by atoms with Gasteiger partial charge < -0.3 is 10.1 Å². The molecule has 2 unspecified atom stereocenters. The molecule has 2 aliphatic rings. The van der Waals surface area contributed by atoms with E-state index in [4.69, 9.17) is 27.9 Å². The Hall–Kier alpha value is -0.810. The van der Waals surface area contributed by atoms with Gasteiger partial charge in [-0.3, -0.25) is 9.69 Å². The van der Waals surface area contributed by atoms with Gasteiger partial charge in [0.25, 0.3) is 0 Å². The van der Waals surface area contributed by atoms with Crippen molar-refractivity contribution in [3.63, 3.8) is 0 Å². The van der Waals surface area contributed by atoms with Crippen molar-refractivity contribution in [3.05, 3.63) is 33.8 Å². The molecule has 0 aromatic heterocycles. The van der Waals surface area contributed by atoms with Crippen molar-refractivity contribution in [1.82, 2.24) is 10.2 Å². The van der Waals surface area contributed by atoms with Gasteiger partial charge in [-0.15, -0.1) is 0 Å². The summed E-state index contributed by atoms with van der Waals surface area (Å²) in [7, 11) is 0. The highest BCUT2D eigenvalue weighted by atomic mass is 35.5. The average Bonchev–Trinajstić information content (AvgIpc) is 3.10. The van der Waals surface area contributed by atoms with Crippen LogP contribution in [-0.2, 0) is 16.1 Å². The van der Waals surface area contributed by atoms with Crippen molar-refractivity contribution in [2.75, 3.05) is 26.2 Å². The number of carbonyl (C=O) groups is 1. The fourth-order valence-electron chi connectivity index (χ4n) is 3.48. The summed E-state index contributed by atoms with van der Waals surface area (Å²) in [6, 6.07) is 5.57. The van der Waals surface area contributed by atoms with Crippen LogP contribution in [0, 0.1) is 5.92 Å². The maximum absolute atomic E-state index is 12.4. The first-order valence-corrected chi connectivity index (χ1v) is 9.43. The second-order valence-corrected chi connectivity index (χ2v) is 7.47. The number of nitrogens with zero attached hydrogens (tertiary/aromatic N) is 1. The Kier molecular flexibility index (Phi) is 6.39. The van der Waals surface area contributed by atoms with Crippen molar-refractivity contribution in [2.24, 2.45) is 5.92 Å². The Morgan fingerprint density at radius 3 is 2.75 bits per heavy atom. The summed E-state index contributed by atoms with van der Waals surface area (Å²) >= 11 is 12.5. The van der Waals surface area contributed by atoms with Gasteiger partial charge in [-0.1, -0.05) is 29.3 Å². The van der Waals surface area contributed by atoms with E-state index in [0.29, 0.717) is 23.1 Å². The molecule has 2 saturated heterocycles. The third-order valence-corrected chi connectivity index (χ3v) is 5.56. The molecule has 0 bridgehead atoms. The lowest BCUT2D eigenvalue weighted by atomic mass is 9.96. The van der Waals surface area contributed by atoms with Gasteiger partial charge in [0.1, 0.15) is 0 Å². The van der Waals surface area contributed by atoms with Gasteiger partial charge in [-0.25, -0.2) is 0 Å². The van der Waals surface area contributed by atoms with E-state index in [9.17, 15) is 4.79 Å². The van der Waals surface area contributed by atoms with Crippen LogP contribution in [0.4, 0.5) is 0 Å². The molecule has 1 N–H and O–H groups in total. The van der Waals surface area contributed by atoms with Crippen LogP contribution in [0.2, 0.25) is 10.0 Å². The first-order chi connectivity index (χ1) is 11.6. The van der Waals surface area contributed by atoms with E-state index in [1.54, 1.807) is 0 Å². The van der Waals surface area contributed by atoms with E-state index in [1.807, 2.05) is 18.2 Å². The van der Waals surface area contributed by atoms with Crippen LogP contribution in [0.25, 0.3) is 0 Å². The molecule has 1 amide bonds. The van der Waals surface area contributed by atoms with Crippen molar-refractivity contribution in [3.8, 4) is 0 Å². The van der Waals surface area contributed by atoms with Crippen LogP contribution >= 0.6 is 23.2 Å². The number of likely N-dealkylation sites (tertiary alicyclic amines) is 1. The predicted octanol–water partition coefficient (Wildman–Crippen LogP) is 3.50. The molecule has 2 atom stereocenters. The highest BCUT2D eigenvalue weighted by Gasteiger charge is 2.27. The molecular weight excluding hydrogens is 347 g/mol. The maximum atomic E-state index is 12.4. The molecule has 0 spiro atoms. The van der Waals surface area contributed by atoms with Crippen LogP contribution in [0.5, 0.6) is 0 Å². The van der Waals surface area contributed by atoms with Crippen LogP contribution in [0.3, 0.4) is 0 Å². The first kappa shape index (κ1) is 18.0. The number of nitrogens with one attached hydrogen (secondary N) is 1. The Bertz CT molecular complexity index is 556. The molecule has 0 saturated carbocycles. The summed E-state index contributed by atoms with van der Waals surface area (Å²) in [6.07, 6.45) is 4.28. The van der Waals surface area contributed by atoms with Crippen LogP contribution in [0.1, 0.15) is 31.2 Å². The Balaban J connectivity index is 1.52. The van der Waals surface area contributed by atoms with Crippen molar-refractivity contribution in [2.45, 2.75) is 38.3 Å². The number of benzene rings is 1. The lowest BCUT2D eigenvalue weighted by Gasteiger charge is -2.32. The number of ether oxygens (including phenoxy) is 1. The maximum Gasteiger partial charge on any atom is 0.224 e. The SMILES string of the molecule is O=C(NCC1CCCO1)C1CCCN(Cc2c(Cl)cccc2Cl)C1. The number of rotatable bonds is 5. The monoisotopic (exact) mass is 370 g/mol. The van der Waals surface area contributed by atoms with Gasteiger partial charge in [0.15, 0.2) is 0 Å². The summed E-state index contributed by atoms with van der Waals surface area (Å²) in [5.41, 5.74) is 0.946. The molecule has 1 aromatic carbocycles. The fourth-order valence-corrected chi connectivity index (χ4v) is 4.00. The molecule has 2 heterocycles. The molecule has 6 heteroatoms. The minimum absolute atomic E-state index is 0.0291. The molecule has 2 fully saturated rings. The predicted molar refractivity (Wildman–Crippen MR) is 96.4 cm³/mol. The fraction of sp³-hybridized carbons (Fsp3) is 0.611. The molecule has 3 rings (SSSR count). The lowest BCUT2D eigenvalue weighted by molar-refractivity contribution is -0.127. The summed E-state index contributed by atoms with van der Waals surface area (Å²) < 4.78 is 5.56. The van der Waals surface area contributed by atoms with Crippen LogP contribution in [-0.4, -0.2) is 43.2 Å². The largest absolute Gasteiger partial charge is 0.376 e. The van der Waals surface area contributed by atoms with Crippen molar-refractivity contribution < 1.29 is 9.53 Å².